The van der Waals surface area contributed by atoms with Crippen LogP contribution >= 0.6 is 0 Å². The minimum atomic E-state index is -1.29. The van der Waals surface area contributed by atoms with Gasteiger partial charge in [0.05, 0.1) is 0 Å². The van der Waals surface area contributed by atoms with E-state index in [0.717, 1.165) is 12.8 Å². The molecule has 2 atom stereocenters. The molecule has 7 heteroatoms. The first kappa shape index (κ1) is 18.3. The first-order valence-corrected chi connectivity index (χ1v) is 7.54. The largest absolute Gasteiger partial charge is 0.480 e. The first-order valence-electron chi connectivity index (χ1n) is 7.54. The second-order valence-electron chi connectivity index (χ2n) is 6.88. The van der Waals surface area contributed by atoms with Crippen LogP contribution in [0.15, 0.2) is 0 Å². The van der Waals surface area contributed by atoms with E-state index in [1.807, 2.05) is 0 Å². The molecule has 2 amide bonds. The molecule has 0 aromatic carbocycles. The first-order chi connectivity index (χ1) is 9.99. The van der Waals surface area contributed by atoms with Gasteiger partial charge in [-0.1, -0.05) is 6.92 Å². The van der Waals surface area contributed by atoms with Crippen molar-refractivity contribution in [3.05, 3.63) is 0 Å². The zero-order valence-corrected chi connectivity index (χ0v) is 13.9. The molecule has 0 spiro atoms. The monoisotopic (exact) mass is 314 g/mol. The van der Waals surface area contributed by atoms with Gasteiger partial charge in [-0.25, -0.2) is 9.59 Å². The maximum absolute atomic E-state index is 12.3. The molecule has 3 N–H and O–H groups in total. The summed E-state index contributed by atoms with van der Waals surface area (Å²) in [5, 5.41) is 14.4. The molecule has 0 aromatic heterocycles. The lowest BCUT2D eigenvalue weighted by molar-refractivity contribution is -0.148. The quantitative estimate of drug-likeness (QED) is 0.691. The van der Waals surface area contributed by atoms with Gasteiger partial charge in [0.25, 0.3) is 0 Å². The molecule has 1 fully saturated rings. The van der Waals surface area contributed by atoms with Crippen LogP contribution in [0.1, 0.15) is 53.9 Å². The number of carboxylic acid groups (broad SMARTS) is 1. The average molecular weight is 314 g/mol. The van der Waals surface area contributed by atoms with Crippen molar-refractivity contribution in [3.8, 4) is 0 Å². The van der Waals surface area contributed by atoms with Gasteiger partial charge in [0.2, 0.25) is 5.91 Å². The van der Waals surface area contributed by atoms with Crippen LogP contribution in [0.4, 0.5) is 4.79 Å². The Hall–Kier alpha value is -1.79. The van der Waals surface area contributed by atoms with Gasteiger partial charge in [-0.05, 0) is 52.9 Å². The molecule has 0 aliphatic heterocycles. The summed E-state index contributed by atoms with van der Waals surface area (Å²) in [6, 6.07) is -0.827. The third-order valence-corrected chi connectivity index (χ3v) is 3.64. The minimum absolute atomic E-state index is 0.0621. The van der Waals surface area contributed by atoms with Crippen molar-refractivity contribution in [1.82, 2.24) is 10.6 Å². The van der Waals surface area contributed by atoms with Crippen molar-refractivity contribution >= 4 is 18.0 Å². The molecule has 0 saturated heterocycles. The number of carboxylic acids is 1. The number of carbonyl (C=O) groups excluding carboxylic acids is 2. The van der Waals surface area contributed by atoms with Gasteiger partial charge >= 0.3 is 12.1 Å². The number of nitrogens with one attached hydrogen (secondary N) is 2. The van der Waals surface area contributed by atoms with E-state index in [1.165, 1.54) is 6.92 Å². The Kier molecular flexibility index (Phi) is 5.43. The minimum Gasteiger partial charge on any atom is -0.480 e. The summed E-state index contributed by atoms with van der Waals surface area (Å²) in [6.45, 7) is 8.41. The zero-order chi connectivity index (χ0) is 17.1. The highest BCUT2D eigenvalue weighted by molar-refractivity contribution is 5.91. The van der Waals surface area contributed by atoms with Gasteiger partial charge < -0.3 is 20.5 Å². The van der Waals surface area contributed by atoms with Gasteiger partial charge in [0.15, 0.2) is 0 Å². The fraction of sp³-hybridized carbons (Fsp3) is 0.800. The Morgan fingerprint density at radius 2 is 1.77 bits per heavy atom. The molecule has 0 heterocycles. The maximum Gasteiger partial charge on any atom is 0.408 e. The fourth-order valence-corrected chi connectivity index (χ4v) is 2.14. The highest BCUT2D eigenvalue weighted by atomic mass is 16.6. The third-order valence-electron chi connectivity index (χ3n) is 3.64. The average Bonchev–Trinajstić information content (AvgIpc) is 3.17. The van der Waals surface area contributed by atoms with Crippen molar-refractivity contribution in [2.24, 2.45) is 5.92 Å². The summed E-state index contributed by atoms with van der Waals surface area (Å²) in [4.78, 5) is 35.5. The summed E-state index contributed by atoms with van der Waals surface area (Å²) in [5.74, 6) is -1.63. The molecule has 22 heavy (non-hydrogen) atoms. The van der Waals surface area contributed by atoms with E-state index in [2.05, 4.69) is 10.6 Å². The van der Waals surface area contributed by atoms with Crippen molar-refractivity contribution in [2.75, 3.05) is 0 Å². The Morgan fingerprint density at radius 3 is 2.14 bits per heavy atom. The molecule has 1 rings (SSSR count). The van der Waals surface area contributed by atoms with Crippen LogP contribution in [0.3, 0.4) is 0 Å². The number of aliphatic carboxylic acids is 1. The lowest BCUT2D eigenvalue weighted by Crippen LogP contribution is -2.59. The second-order valence-corrected chi connectivity index (χ2v) is 6.88. The fourth-order valence-electron chi connectivity index (χ4n) is 2.14. The van der Waals surface area contributed by atoms with Crippen molar-refractivity contribution in [1.29, 1.82) is 0 Å². The Bertz CT molecular complexity index is 453. The van der Waals surface area contributed by atoms with Crippen LogP contribution in [0.5, 0.6) is 0 Å². The lowest BCUT2D eigenvalue weighted by atomic mass is 9.95. The number of alkyl carbamates (subject to hydrolysis) is 1. The molecule has 7 nitrogen and oxygen atoms in total. The van der Waals surface area contributed by atoms with Gasteiger partial charge in [-0.15, -0.1) is 0 Å². The van der Waals surface area contributed by atoms with E-state index >= 15 is 0 Å². The molecule has 1 saturated carbocycles. The van der Waals surface area contributed by atoms with Crippen molar-refractivity contribution in [2.45, 2.75) is 71.1 Å². The molecule has 1 aliphatic rings. The van der Waals surface area contributed by atoms with E-state index in [-0.39, 0.29) is 5.92 Å². The van der Waals surface area contributed by atoms with Crippen LogP contribution in [0.25, 0.3) is 0 Å². The van der Waals surface area contributed by atoms with Gasteiger partial charge in [-0.2, -0.15) is 0 Å². The molecular formula is C15H26N2O5. The van der Waals surface area contributed by atoms with Crippen LogP contribution in [-0.2, 0) is 14.3 Å². The van der Waals surface area contributed by atoms with Gasteiger partial charge in [0, 0.05) is 0 Å². The van der Waals surface area contributed by atoms with E-state index in [9.17, 15) is 19.5 Å². The Labute approximate surface area is 130 Å². The lowest BCUT2D eigenvalue weighted by Gasteiger charge is -2.29. The van der Waals surface area contributed by atoms with Crippen LogP contribution < -0.4 is 10.6 Å². The number of amides is 2. The number of hydrogen-bond acceptors (Lipinski definition) is 4. The van der Waals surface area contributed by atoms with Crippen LogP contribution in [-0.4, -0.2) is 40.3 Å². The molecule has 126 valence electrons. The normalized spacial score (nSPS) is 18.8. The SMILES string of the molecule is CCC(NC(=O)OC(C)(C)C)C(=O)NC(C)(C(=O)O)C1CC1. The zero-order valence-electron chi connectivity index (χ0n) is 13.9. The smallest absolute Gasteiger partial charge is 0.408 e. The summed E-state index contributed by atoms with van der Waals surface area (Å²) in [5.41, 5.74) is -1.96. The van der Waals surface area contributed by atoms with Crippen molar-refractivity contribution in [3.63, 3.8) is 0 Å². The molecular weight excluding hydrogens is 288 g/mol. The summed E-state index contributed by atoms with van der Waals surface area (Å²) in [6.07, 6.45) is 1.20. The predicted molar refractivity (Wildman–Crippen MR) is 80.4 cm³/mol. The highest BCUT2D eigenvalue weighted by Crippen LogP contribution is 2.39. The maximum atomic E-state index is 12.3. The highest BCUT2D eigenvalue weighted by Gasteiger charge is 2.49. The standard InChI is InChI=1S/C15H26N2O5/c1-6-10(16-13(21)22-14(2,3)4)11(18)17-15(5,12(19)20)9-7-8-9/h9-10H,6-8H2,1-5H3,(H,16,21)(H,17,18)(H,19,20). The third kappa shape index (κ3) is 4.89. The van der Waals surface area contributed by atoms with E-state index < -0.39 is 35.2 Å². The predicted octanol–water partition coefficient (Wildman–Crippen LogP) is 1.66. The van der Waals surface area contributed by atoms with Gasteiger partial charge in [-0.3, -0.25) is 4.79 Å². The number of carbonyl (C=O) groups is 3. The summed E-state index contributed by atoms with van der Waals surface area (Å²) in [7, 11) is 0. The second kappa shape index (κ2) is 6.54. The summed E-state index contributed by atoms with van der Waals surface area (Å²) >= 11 is 0. The molecule has 0 radical (unpaired) electrons. The van der Waals surface area contributed by atoms with Crippen LogP contribution in [0.2, 0.25) is 0 Å². The Balaban J connectivity index is 2.68. The Morgan fingerprint density at radius 1 is 1.23 bits per heavy atom. The number of hydrogen-bond donors (Lipinski definition) is 3. The van der Waals surface area contributed by atoms with Crippen molar-refractivity contribution < 1.29 is 24.2 Å². The number of ether oxygens (including phenoxy) is 1. The molecule has 2 unspecified atom stereocenters. The van der Waals surface area contributed by atoms with E-state index in [0.29, 0.717) is 6.42 Å². The molecule has 1 aliphatic carbocycles. The molecule has 0 bridgehead atoms. The van der Waals surface area contributed by atoms with E-state index in [4.69, 9.17) is 4.74 Å². The van der Waals surface area contributed by atoms with E-state index in [1.54, 1.807) is 27.7 Å². The van der Waals surface area contributed by atoms with Crippen LogP contribution in [0, 0.1) is 5.92 Å². The summed E-state index contributed by atoms with van der Waals surface area (Å²) < 4.78 is 5.11. The molecule has 0 aromatic rings. The number of rotatable bonds is 6. The van der Waals surface area contributed by atoms with Gasteiger partial charge in [0.1, 0.15) is 17.2 Å². The topological polar surface area (TPSA) is 105 Å².